The lowest BCUT2D eigenvalue weighted by molar-refractivity contribution is -0.384. The van der Waals surface area contributed by atoms with Gasteiger partial charge in [0, 0.05) is 29.3 Å². The van der Waals surface area contributed by atoms with Crippen LogP contribution in [0.1, 0.15) is 22.5 Å². The molecule has 2 rings (SSSR count). The average molecular weight is 377 g/mol. The molecule has 136 valence electrons. The van der Waals surface area contributed by atoms with E-state index >= 15 is 0 Å². The molecule has 9 heteroatoms. The van der Waals surface area contributed by atoms with E-state index in [1.807, 2.05) is 6.07 Å². The lowest BCUT2D eigenvalue weighted by atomic mass is 10.2. The fraction of sp³-hybridized carbons (Fsp3) is 0.294. The van der Waals surface area contributed by atoms with Crippen LogP contribution in [0.15, 0.2) is 22.6 Å². The van der Waals surface area contributed by atoms with Gasteiger partial charge in [0.05, 0.1) is 11.5 Å². The molecule has 26 heavy (non-hydrogen) atoms. The highest BCUT2D eigenvalue weighted by Crippen LogP contribution is 2.26. The molecule has 0 radical (unpaired) electrons. The maximum Gasteiger partial charge on any atom is 0.269 e. The number of benzene rings is 1. The van der Waals surface area contributed by atoms with Crippen LogP contribution in [-0.2, 0) is 11.3 Å². The van der Waals surface area contributed by atoms with Crippen LogP contribution >= 0.6 is 11.6 Å². The quantitative estimate of drug-likeness (QED) is 0.610. The molecular formula is C17H17ClN4O4. The molecule has 8 nitrogen and oxygen atoms in total. The van der Waals surface area contributed by atoms with Crippen molar-refractivity contribution >= 4 is 29.1 Å². The van der Waals surface area contributed by atoms with Gasteiger partial charge in [0.1, 0.15) is 17.4 Å². The second-order valence-corrected chi connectivity index (χ2v) is 6.26. The van der Waals surface area contributed by atoms with E-state index in [0.29, 0.717) is 27.5 Å². The van der Waals surface area contributed by atoms with Gasteiger partial charge in [0.2, 0.25) is 11.8 Å². The highest BCUT2D eigenvalue weighted by molar-refractivity contribution is 6.31. The van der Waals surface area contributed by atoms with Crippen molar-refractivity contribution in [1.29, 1.82) is 5.26 Å². The Labute approximate surface area is 155 Å². The molecule has 0 saturated carbocycles. The lowest BCUT2D eigenvalue weighted by Crippen LogP contribution is -2.30. The third kappa shape index (κ3) is 4.39. The SMILES string of the molecule is Cc1oc(NC(=O)CN(C)Cc2cc([N+](=O)[O-])ccc2Cl)c(C#N)c1C. The predicted molar refractivity (Wildman–Crippen MR) is 96.0 cm³/mol. The number of halogens is 1. The van der Waals surface area contributed by atoms with Crippen LogP contribution in [0.25, 0.3) is 0 Å². The van der Waals surface area contributed by atoms with Crippen molar-refractivity contribution in [3.05, 3.63) is 55.8 Å². The molecule has 1 heterocycles. The molecule has 0 bridgehead atoms. The molecular weight excluding hydrogens is 360 g/mol. The Morgan fingerprint density at radius 2 is 2.15 bits per heavy atom. The minimum absolute atomic E-state index is 0.0112. The van der Waals surface area contributed by atoms with E-state index in [9.17, 15) is 14.9 Å². The van der Waals surface area contributed by atoms with Crippen LogP contribution in [0.3, 0.4) is 0 Å². The Hall–Kier alpha value is -2.89. The van der Waals surface area contributed by atoms with E-state index in [4.69, 9.17) is 21.3 Å². The molecule has 0 aliphatic rings. The van der Waals surface area contributed by atoms with Gasteiger partial charge in [-0.3, -0.25) is 25.1 Å². The average Bonchev–Trinajstić information content (AvgIpc) is 2.82. The Kier molecular flexibility index (Phi) is 5.97. The summed E-state index contributed by atoms with van der Waals surface area (Å²) in [5.41, 5.74) is 1.45. The number of hydrogen-bond donors (Lipinski definition) is 1. The summed E-state index contributed by atoms with van der Waals surface area (Å²) >= 11 is 6.07. The fourth-order valence-electron chi connectivity index (χ4n) is 2.40. The van der Waals surface area contributed by atoms with Crippen molar-refractivity contribution in [2.45, 2.75) is 20.4 Å². The van der Waals surface area contributed by atoms with Gasteiger partial charge in [-0.05, 0) is 32.5 Å². The zero-order chi connectivity index (χ0) is 19.4. The monoisotopic (exact) mass is 376 g/mol. The highest BCUT2D eigenvalue weighted by atomic mass is 35.5. The number of hydrogen-bond acceptors (Lipinski definition) is 6. The van der Waals surface area contributed by atoms with Gasteiger partial charge in [-0.15, -0.1) is 0 Å². The van der Waals surface area contributed by atoms with Crippen LogP contribution in [0.4, 0.5) is 11.6 Å². The number of nitrogens with one attached hydrogen (secondary N) is 1. The van der Waals surface area contributed by atoms with Gasteiger partial charge in [0.15, 0.2) is 0 Å². The van der Waals surface area contributed by atoms with Gasteiger partial charge < -0.3 is 4.42 Å². The zero-order valence-electron chi connectivity index (χ0n) is 14.5. The lowest BCUT2D eigenvalue weighted by Gasteiger charge is -2.16. The molecule has 1 N–H and O–H groups in total. The minimum Gasteiger partial charge on any atom is -0.444 e. The van der Waals surface area contributed by atoms with Gasteiger partial charge in [0.25, 0.3) is 5.69 Å². The molecule has 0 atom stereocenters. The number of rotatable bonds is 6. The predicted octanol–water partition coefficient (Wildman–Crippen LogP) is 3.40. The van der Waals surface area contributed by atoms with Crippen molar-refractivity contribution in [1.82, 2.24) is 4.90 Å². The summed E-state index contributed by atoms with van der Waals surface area (Å²) in [7, 11) is 1.68. The smallest absolute Gasteiger partial charge is 0.269 e. The number of nitro benzene ring substituents is 1. The van der Waals surface area contributed by atoms with Crippen molar-refractivity contribution < 1.29 is 14.1 Å². The van der Waals surface area contributed by atoms with Gasteiger partial charge in [-0.2, -0.15) is 5.26 Å². The summed E-state index contributed by atoms with van der Waals surface area (Å²) < 4.78 is 5.40. The first-order valence-electron chi connectivity index (χ1n) is 7.64. The third-order valence-electron chi connectivity index (χ3n) is 3.84. The number of furan rings is 1. The molecule has 0 fully saturated rings. The summed E-state index contributed by atoms with van der Waals surface area (Å²) in [5.74, 6) is 0.308. The van der Waals surface area contributed by atoms with Crippen molar-refractivity contribution in [2.75, 3.05) is 18.9 Å². The molecule has 0 aliphatic heterocycles. The molecule has 0 unspecified atom stereocenters. The van der Waals surface area contributed by atoms with Gasteiger partial charge in [-0.25, -0.2) is 0 Å². The first-order valence-corrected chi connectivity index (χ1v) is 8.02. The molecule has 2 aromatic rings. The Morgan fingerprint density at radius 3 is 2.77 bits per heavy atom. The van der Waals surface area contributed by atoms with Gasteiger partial charge in [-0.1, -0.05) is 11.6 Å². The largest absolute Gasteiger partial charge is 0.444 e. The summed E-state index contributed by atoms with van der Waals surface area (Å²) in [6.45, 7) is 3.68. The maximum absolute atomic E-state index is 12.2. The van der Waals surface area contributed by atoms with Crippen LogP contribution in [0.2, 0.25) is 5.02 Å². The molecule has 0 aliphatic carbocycles. The first kappa shape index (κ1) is 19.4. The van der Waals surface area contributed by atoms with E-state index in [1.165, 1.54) is 18.2 Å². The molecule has 0 spiro atoms. The number of nitrogens with zero attached hydrogens (tertiary/aromatic N) is 3. The van der Waals surface area contributed by atoms with Crippen LogP contribution in [-0.4, -0.2) is 29.3 Å². The Bertz CT molecular complexity index is 901. The first-order chi connectivity index (χ1) is 12.2. The normalized spacial score (nSPS) is 10.6. The number of carbonyl (C=O) groups excluding carboxylic acids is 1. The molecule has 1 aromatic carbocycles. The number of nitriles is 1. The number of likely N-dealkylation sites (N-methyl/N-ethyl adjacent to an activating group) is 1. The topological polar surface area (TPSA) is 112 Å². The standard InChI is InChI=1S/C17H17ClN4O4/c1-10-11(2)26-17(14(10)7-19)20-16(23)9-21(3)8-12-6-13(22(24)25)4-5-15(12)18/h4-6H,8-9H2,1-3H3,(H,20,23). The van der Waals surface area contributed by atoms with Crippen LogP contribution in [0, 0.1) is 35.3 Å². The fourth-order valence-corrected chi connectivity index (χ4v) is 2.58. The molecule has 1 amide bonds. The van der Waals surface area contributed by atoms with E-state index < -0.39 is 4.92 Å². The summed E-state index contributed by atoms with van der Waals surface area (Å²) in [4.78, 5) is 24.2. The number of carbonyl (C=O) groups is 1. The second kappa shape index (κ2) is 7.99. The van der Waals surface area contributed by atoms with Crippen molar-refractivity contribution in [2.24, 2.45) is 0 Å². The Balaban J connectivity index is 2.04. The molecule has 1 aromatic heterocycles. The summed E-state index contributed by atoms with van der Waals surface area (Å²) in [6, 6.07) is 6.16. The third-order valence-corrected chi connectivity index (χ3v) is 4.21. The van der Waals surface area contributed by atoms with E-state index in [1.54, 1.807) is 25.8 Å². The van der Waals surface area contributed by atoms with Crippen LogP contribution in [0.5, 0.6) is 0 Å². The second-order valence-electron chi connectivity index (χ2n) is 5.85. The zero-order valence-corrected chi connectivity index (χ0v) is 15.3. The van der Waals surface area contributed by atoms with Crippen LogP contribution < -0.4 is 5.32 Å². The summed E-state index contributed by atoms with van der Waals surface area (Å²) in [6.07, 6.45) is 0. The van der Waals surface area contributed by atoms with E-state index in [-0.39, 0.29) is 30.6 Å². The number of amides is 1. The van der Waals surface area contributed by atoms with E-state index in [0.717, 1.165) is 0 Å². The van der Waals surface area contributed by atoms with Gasteiger partial charge >= 0.3 is 0 Å². The highest BCUT2D eigenvalue weighted by Gasteiger charge is 2.18. The van der Waals surface area contributed by atoms with E-state index in [2.05, 4.69) is 5.32 Å². The minimum atomic E-state index is -0.502. The summed E-state index contributed by atoms with van der Waals surface area (Å²) in [5, 5.41) is 23.0. The maximum atomic E-state index is 12.2. The van der Waals surface area contributed by atoms with Crippen molar-refractivity contribution in [3.63, 3.8) is 0 Å². The van der Waals surface area contributed by atoms with Crippen molar-refractivity contribution in [3.8, 4) is 6.07 Å². The Morgan fingerprint density at radius 1 is 1.46 bits per heavy atom. The number of non-ortho nitro benzene ring substituents is 1. The molecule has 0 saturated heterocycles. The number of aryl methyl sites for hydroxylation is 1. The number of anilines is 1. The number of nitro groups is 1.